The minimum Gasteiger partial charge on any atom is -0.350 e. The molecule has 1 amide bonds. The van der Waals surface area contributed by atoms with Crippen LogP contribution in [0.2, 0.25) is 0 Å². The van der Waals surface area contributed by atoms with Gasteiger partial charge in [-0.1, -0.05) is 29.8 Å². The maximum Gasteiger partial charge on any atom is 0.346 e. The molecule has 29 heavy (non-hydrogen) atoms. The van der Waals surface area contributed by atoms with E-state index < -0.39 is 17.3 Å². The first-order valence-corrected chi connectivity index (χ1v) is 9.39. The number of aromatic nitrogens is 3. The maximum absolute atomic E-state index is 14.3. The molecule has 1 aromatic heterocycles. The molecule has 0 atom stereocenters. The van der Waals surface area contributed by atoms with Crippen molar-refractivity contribution < 1.29 is 13.6 Å². The Morgan fingerprint density at radius 1 is 1.21 bits per heavy atom. The lowest BCUT2D eigenvalue weighted by molar-refractivity contribution is -0.122. The number of carbonyl (C=O) groups excluding carboxylic acids is 1. The number of benzene rings is 2. The summed E-state index contributed by atoms with van der Waals surface area (Å²) >= 11 is 0. The van der Waals surface area contributed by atoms with Gasteiger partial charge in [0.1, 0.15) is 18.2 Å². The number of aryl methyl sites for hydroxylation is 1. The third kappa shape index (κ3) is 4.11. The molecular weight excluding hydrogens is 378 g/mol. The van der Waals surface area contributed by atoms with E-state index >= 15 is 0 Å². The van der Waals surface area contributed by atoms with Crippen LogP contribution >= 0.6 is 0 Å². The van der Waals surface area contributed by atoms with Gasteiger partial charge in [-0.25, -0.2) is 18.3 Å². The number of hydrogen-bond acceptors (Lipinski definition) is 3. The summed E-state index contributed by atoms with van der Waals surface area (Å²) in [7, 11) is 0. The number of carbonyl (C=O) groups is 1. The lowest BCUT2D eigenvalue weighted by atomic mass is 10.1. The second-order valence-electron chi connectivity index (χ2n) is 7.25. The molecule has 0 unspecified atom stereocenters. The van der Waals surface area contributed by atoms with Crippen molar-refractivity contribution in [1.82, 2.24) is 19.7 Å². The van der Waals surface area contributed by atoms with Crippen molar-refractivity contribution >= 4 is 5.91 Å². The lowest BCUT2D eigenvalue weighted by Crippen LogP contribution is -2.33. The van der Waals surface area contributed by atoms with Crippen molar-refractivity contribution in [2.24, 2.45) is 0 Å². The van der Waals surface area contributed by atoms with Crippen LogP contribution in [-0.4, -0.2) is 20.3 Å². The van der Waals surface area contributed by atoms with Gasteiger partial charge in [0.2, 0.25) is 5.91 Å². The van der Waals surface area contributed by atoms with Crippen molar-refractivity contribution in [2.75, 3.05) is 0 Å². The number of amides is 1. The summed E-state index contributed by atoms with van der Waals surface area (Å²) < 4.78 is 29.9. The van der Waals surface area contributed by atoms with E-state index in [1.54, 1.807) is 0 Å². The minimum absolute atomic E-state index is 0.0364. The molecule has 8 heteroatoms. The highest BCUT2D eigenvalue weighted by molar-refractivity contribution is 5.75. The Morgan fingerprint density at radius 3 is 2.69 bits per heavy atom. The van der Waals surface area contributed by atoms with Crippen LogP contribution in [0.4, 0.5) is 8.78 Å². The molecule has 6 nitrogen and oxygen atoms in total. The number of nitrogens with zero attached hydrogens (tertiary/aromatic N) is 3. The summed E-state index contributed by atoms with van der Waals surface area (Å²) in [5, 5.41) is 6.95. The second kappa shape index (κ2) is 7.62. The Kier molecular flexibility index (Phi) is 5.00. The summed E-state index contributed by atoms with van der Waals surface area (Å²) in [5.74, 6) is -1.77. The number of nitrogens with one attached hydrogen (secondary N) is 1. The van der Waals surface area contributed by atoms with Gasteiger partial charge in [-0.3, -0.25) is 9.36 Å². The molecule has 150 valence electrons. The zero-order chi connectivity index (χ0) is 20.5. The van der Waals surface area contributed by atoms with Gasteiger partial charge < -0.3 is 5.32 Å². The third-order valence-corrected chi connectivity index (χ3v) is 4.82. The molecule has 0 saturated heterocycles. The minimum atomic E-state index is -0.798. The highest BCUT2D eigenvalue weighted by atomic mass is 19.1. The molecule has 3 aromatic rings. The van der Waals surface area contributed by atoms with Gasteiger partial charge in [-0.05, 0) is 37.5 Å². The predicted octanol–water partition coefficient (Wildman–Crippen LogP) is 2.95. The van der Waals surface area contributed by atoms with E-state index in [1.807, 2.05) is 31.2 Å². The third-order valence-electron chi connectivity index (χ3n) is 4.82. The van der Waals surface area contributed by atoms with E-state index in [0.29, 0.717) is 6.54 Å². The molecule has 0 spiro atoms. The molecule has 1 saturated carbocycles. The molecule has 1 aliphatic rings. The summed E-state index contributed by atoms with van der Waals surface area (Å²) in [6.07, 6.45) is 1.56. The number of halogens is 2. The molecular formula is C21H20F2N4O2. The second-order valence-corrected chi connectivity index (χ2v) is 7.25. The Balaban J connectivity index is 1.56. The Bertz CT molecular complexity index is 1130. The predicted molar refractivity (Wildman–Crippen MR) is 103 cm³/mol. The largest absolute Gasteiger partial charge is 0.350 e. The lowest BCUT2D eigenvalue weighted by Gasteiger charge is -2.05. The Hall–Kier alpha value is -3.29. The monoisotopic (exact) mass is 398 g/mol. The summed E-state index contributed by atoms with van der Waals surface area (Å²) in [5.41, 5.74) is 1.59. The molecule has 1 heterocycles. The molecule has 0 aliphatic heterocycles. The van der Waals surface area contributed by atoms with Crippen LogP contribution in [0.15, 0.2) is 47.3 Å². The number of hydrogen-bond donors (Lipinski definition) is 1. The Morgan fingerprint density at radius 2 is 2.00 bits per heavy atom. The quantitative estimate of drug-likeness (QED) is 0.694. The van der Waals surface area contributed by atoms with Crippen LogP contribution in [0.5, 0.6) is 0 Å². The number of rotatable bonds is 6. The van der Waals surface area contributed by atoms with Crippen LogP contribution < -0.4 is 11.0 Å². The van der Waals surface area contributed by atoms with E-state index in [1.165, 1.54) is 10.6 Å². The van der Waals surface area contributed by atoms with E-state index in [4.69, 9.17) is 0 Å². The maximum atomic E-state index is 14.3. The average Bonchev–Trinajstić information content (AvgIpc) is 3.45. The van der Waals surface area contributed by atoms with Crippen LogP contribution in [-0.2, 0) is 17.9 Å². The molecule has 1 aliphatic carbocycles. The molecule has 1 N–H and O–H groups in total. The van der Waals surface area contributed by atoms with E-state index in [9.17, 15) is 18.4 Å². The van der Waals surface area contributed by atoms with Gasteiger partial charge >= 0.3 is 5.69 Å². The summed E-state index contributed by atoms with van der Waals surface area (Å²) in [6.45, 7) is 2.02. The van der Waals surface area contributed by atoms with Gasteiger partial charge in [-0.15, -0.1) is 5.10 Å². The van der Waals surface area contributed by atoms with Gasteiger partial charge in [0.05, 0.1) is 5.56 Å². The zero-order valence-electron chi connectivity index (χ0n) is 15.9. The fourth-order valence-corrected chi connectivity index (χ4v) is 3.25. The first-order valence-electron chi connectivity index (χ1n) is 9.39. The summed E-state index contributed by atoms with van der Waals surface area (Å²) in [4.78, 5) is 25.1. The van der Waals surface area contributed by atoms with Crippen LogP contribution in [0.25, 0.3) is 11.4 Å². The SMILES string of the molecule is Cc1cccc(CNC(=O)Cn2nc(-c3ccc(F)cc3F)n(C3CC3)c2=O)c1. The van der Waals surface area contributed by atoms with Crippen LogP contribution in [0, 0.1) is 18.6 Å². The van der Waals surface area contributed by atoms with Crippen LogP contribution in [0.1, 0.15) is 30.0 Å². The van der Waals surface area contributed by atoms with Crippen molar-refractivity contribution in [1.29, 1.82) is 0 Å². The van der Waals surface area contributed by atoms with Gasteiger partial charge in [-0.2, -0.15) is 0 Å². The van der Waals surface area contributed by atoms with E-state index in [0.717, 1.165) is 40.8 Å². The van der Waals surface area contributed by atoms with Gasteiger partial charge in [0, 0.05) is 18.7 Å². The molecule has 0 radical (unpaired) electrons. The van der Waals surface area contributed by atoms with Crippen molar-refractivity contribution in [2.45, 2.75) is 38.9 Å². The highest BCUT2D eigenvalue weighted by Gasteiger charge is 2.31. The van der Waals surface area contributed by atoms with Crippen molar-refractivity contribution in [3.8, 4) is 11.4 Å². The first kappa shape index (κ1) is 19.0. The topological polar surface area (TPSA) is 68.9 Å². The standard InChI is InChI=1S/C21H20F2N4O2/c1-13-3-2-4-14(9-13)11-24-19(28)12-26-21(29)27(16-6-7-16)20(25-26)17-8-5-15(22)10-18(17)23/h2-5,8-10,16H,6-7,11-12H2,1H3,(H,24,28). The molecule has 0 bridgehead atoms. The highest BCUT2D eigenvalue weighted by Crippen LogP contribution is 2.37. The molecule has 4 rings (SSSR count). The first-order chi connectivity index (χ1) is 13.9. The van der Waals surface area contributed by atoms with E-state index in [-0.39, 0.29) is 29.9 Å². The smallest absolute Gasteiger partial charge is 0.346 e. The van der Waals surface area contributed by atoms with E-state index in [2.05, 4.69) is 10.4 Å². The Labute approximate surface area is 165 Å². The molecule has 1 fully saturated rings. The fraction of sp³-hybridized carbons (Fsp3) is 0.286. The van der Waals surface area contributed by atoms with Crippen molar-refractivity contribution in [3.05, 3.63) is 75.7 Å². The average molecular weight is 398 g/mol. The van der Waals surface area contributed by atoms with Gasteiger partial charge in [0.15, 0.2) is 5.82 Å². The van der Waals surface area contributed by atoms with Crippen LogP contribution in [0.3, 0.4) is 0 Å². The fourth-order valence-electron chi connectivity index (χ4n) is 3.25. The van der Waals surface area contributed by atoms with Gasteiger partial charge in [0.25, 0.3) is 0 Å². The molecule has 2 aromatic carbocycles. The van der Waals surface area contributed by atoms with Crippen molar-refractivity contribution in [3.63, 3.8) is 0 Å². The zero-order valence-corrected chi connectivity index (χ0v) is 15.9. The summed E-state index contributed by atoms with van der Waals surface area (Å²) in [6, 6.07) is 10.8. The normalized spacial score (nSPS) is 13.5.